The highest BCUT2D eigenvalue weighted by molar-refractivity contribution is 7.92. The summed E-state index contributed by atoms with van der Waals surface area (Å²) in [5.74, 6) is -1.10. The van der Waals surface area contributed by atoms with E-state index in [2.05, 4.69) is 5.32 Å². The Bertz CT molecular complexity index is 1440. The Kier molecular flexibility index (Phi) is 11.1. The number of unbranched alkanes of at least 4 members (excludes halogenated alkanes) is 1. The number of anilines is 1. The fourth-order valence-electron chi connectivity index (χ4n) is 4.16. The third kappa shape index (κ3) is 7.75. The first kappa shape index (κ1) is 31.4. The molecule has 41 heavy (non-hydrogen) atoms. The number of para-hydroxylation sites is 1. The average Bonchev–Trinajstić information content (AvgIpc) is 2.98. The molecule has 0 saturated heterocycles. The van der Waals surface area contributed by atoms with Crippen molar-refractivity contribution in [2.75, 3.05) is 31.6 Å². The van der Waals surface area contributed by atoms with Crippen LogP contribution in [0, 0.1) is 5.82 Å². The summed E-state index contributed by atoms with van der Waals surface area (Å²) in [5, 5.41) is 2.80. The van der Waals surface area contributed by atoms with Crippen molar-refractivity contribution in [3.8, 4) is 11.5 Å². The van der Waals surface area contributed by atoms with Gasteiger partial charge < -0.3 is 19.7 Å². The predicted molar refractivity (Wildman–Crippen MR) is 155 cm³/mol. The molecule has 1 unspecified atom stereocenters. The van der Waals surface area contributed by atoms with E-state index in [1.165, 1.54) is 62.4 Å². The molecule has 0 fully saturated rings. The molecule has 0 radical (unpaired) electrons. The molecule has 2 amide bonds. The van der Waals surface area contributed by atoms with E-state index in [9.17, 15) is 22.4 Å². The van der Waals surface area contributed by atoms with Crippen LogP contribution in [0.15, 0.2) is 77.7 Å². The van der Waals surface area contributed by atoms with E-state index in [0.717, 1.165) is 17.1 Å². The zero-order valence-electron chi connectivity index (χ0n) is 23.7. The largest absolute Gasteiger partial charge is 0.493 e. The Morgan fingerprint density at radius 3 is 2.24 bits per heavy atom. The summed E-state index contributed by atoms with van der Waals surface area (Å²) in [6.45, 7) is 3.08. The summed E-state index contributed by atoms with van der Waals surface area (Å²) in [7, 11) is -1.48. The van der Waals surface area contributed by atoms with Crippen LogP contribution in [0.25, 0.3) is 0 Å². The molecule has 0 heterocycles. The van der Waals surface area contributed by atoms with Gasteiger partial charge in [0, 0.05) is 24.7 Å². The predicted octanol–water partition coefficient (Wildman–Crippen LogP) is 4.37. The van der Waals surface area contributed by atoms with Crippen LogP contribution >= 0.6 is 0 Å². The SMILES string of the molecule is CCCCNC(=O)C(C)N(Cc1ccccc1F)C(=O)CN(c1ccccc1)S(=O)(=O)c1ccc(OC)c(OC)c1. The fourth-order valence-corrected chi connectivity index (χ4v) is 5.59. The molecule has 0 aromatic heterocycles. The number of methoxy groups -OCH3 is 2. The number of rotatable bonds is 14. The minimum Gasteiger partial charge on any atom is -0.493 e. The molecule has 3 aromatic carbocycles. The average molecular weight is 586 g/mol. The second-order valence-electron chi connectivity index (χ2n) is 9.30. The van der Waals surface area contributed by atoms with Crippen LogP contribution in [0.4, 0.5) is 10.1 Å². The summed E-state index contributed by atoms with van der Waals surface area (Å²) in [6, 6.07) is 17.2. The molecule has 3 aromatic rings. The van der Waals surface area contributed by atoms with E-state index in [4.69, 9.17) is 9.47 Å². The van der Waals surface area contributed by atoms with Gasteiger partial charge >= 0.3 is 0 Å². The highest BCUT2D eigenvalue weighted by Gasteiger charge is 2.33. The highest BCUT2D eigenvalue weighted by Crippen LogP contribution is 2.32. The number of ether oxygens (including phenoxy) is 2. The first-order valence-corrected chi connectivity index (χ1v) is 14.7. The number of benzene rings is 3. The van der Waals surface area contributed by atoms with Gasteiger partial charge in [-0.05, 0) is 43.7 Å². The molecule has 0 spiro atoms. The van der Waals surface area contributed by atoms with Crippen LogP contribution in [-0.4, -0.2) is 58.5 Å². The Balaban J connectivity index is 2.02. The minimum atomic E-state index is -4.31. The fraction of sp³-hybridized carbons (Fsp3) is 0.333. The van der Waals surface area contributed by atoms with E-state index in [-0.39, 0.29) is 28.4 Å². The summed E-state index contributed by atoms with van der Waals surface area (Å²) in [6.07, 6.45) is 1.62. The molecule has 11 heteroatoms. The molecule has 9 nitrogen and oxygen atoms in total. The zero-order valence-corrected chi connectivity index (χ0v) is 24.5. The lowest BCUT2D eigenvalue weighted by Gasteiger charge is -2.32. The van der Waals surface area contributed by atoms with Crippen molar-refractivity contribution in [3.05, 3.63) is 84.2 Å². The van der Waals surface area contributed by atoms with Crippen molar-refractivity contribution in [2.45, 2.75) is 44.2 Å². The van der Waals surface area contributed by atoms with Gasteiger partial charge in [0.25, 0.3) is 10.0 Å². The Hall–Kier alpha value is -4.12. The van der Waals surface area contributed by atoms with E-state index in [0.29, 0.717) is 12.3 Å². The lowest BCUT2D eigenvalue weighted by Crippen LogP contribution is -2.51. The van der Waals surface area contributed by atoms with Gasteiger partial charge in [-0.3, -0.25) is 13.9 Å². The number of carbonyl (C=O) groups excluding carboxylic acids is 2. The van der Waals surface area contributed by atoms with E-state index >= 15 is 0 Å². The van der Waals surface area contributed by atoms with E-state index in [1.54, 1.807) is 36.4 Å². The van der Waals surface area contributed by atoms with Crippen LogP contribution in [-0.2, 0) is 26.2 Å². The van der Waals surface area contributed by atoms with Crippen molar-refractivity contribution >= 4 is 27.5 Å². The molecule has 0 saturated carbocycles. The van der Waals surface area contributed by atoms with E-state index in [1.807, 2.05) is 6.92 Å². The molecule has 220 valence electrons. The molecule has 1 N–H and O–H groups in total. The first-order chi connectivity index (χ1) is 19.6. The van der Waals surface area contributed by atoms with Crippen molar-refractivity contribution in [1.82, 2.24) is 10.2 Å². The molecule has 3 rings (SSSR count). The maximum atomic E-state index is 14.6. The number of halogens is 1. The normalized spacial score (nSPS) is 11.8. The first-order valence-electron chi connectivity index (χ1n) is 13.2. The van der Waals surface area contributed by atoms with Gasteiger partial charge in [0.2, 0.25) is 11.8 Å². The lowest BCUT2D eigenvalue weighted by atomic mass is 10.1. The summed E-state index contributed by atoms with van der Waals surface area (Å²) >= 11 is 0. The van der Waals surface area contributed by atoms with Crippen molar-refractivity contribution in [1.29, 1.82) is 0 Å². The molecular formula is C30H36FN3O6S. The molecular weight excluding hydrogens is 549 g/mol. The number of hydrogen-bond acceptors (Lipinski definition) is 6. The Morgan fingerprint density at radius 1 is 0.951 bits per heavy atom. The van der Waals surface area contributed by atoms with Crippen LogP contribution in [0.2, 0.25) is 0 Å². The Morgan fingerprint density at radius 2 is 1.61 bits per heavy atom. The highest BCUT2D eigenvalue weighted by atomic mass is 32.2. The molecule has 1 atom stereocenters. The van der Waals surface area contributed by atoms with Gasteiger partial charge in [0.1, 0.15) is 18.4 Å². The van der Waals surface area contributed by atoms with Gasteiger partial charge in [0.15, 0.2) is 11.5 Å². The van der Waals surface area contributed by atoms with Gasteiger partial charge in [0.05, 0.1) is 24.8 Å². The number of hydrogen-bond donors (Lipinski definition) is 1. The standard InChI is InChI=1S/C30H36FN3O6S/c1-5-6-18-32-30(36)22(2)33(20-23-12-10-11-15-26(23)31)29(35)21-34(24-13-8-7-9-14-24)41(37,38)25-16-17-27(39-3)28(19-25)40-4/h7-17,19,22H,5-6,18,20-21H2,1-4H3,(H,32,36). The van der Waals surface area contributed by atoms with Crippen LogP contribution in [0.1, 0.15) is 32.3 Å². The van der Waals surface area contributed by atoms with Gasteiger partial charge in [-0.2, -0.15) is 0 Å². The second-order valence-corrected chi connectivity index (χ2v) is 11.2. The number of nitrogens with one attached hydrogen (secondary N) is 1. The van der Waals surface area contributed by atoms with E-state index < -0.39 is 40.2 Å². The topological polar surface area (TPSA) is 105 Å². The number of sulfonamides is 1. The molecule has 0 aliphatic carbocycles. The van der Waals surface area contributed by atoms with Crippen molar-refractivity contribution in [3.63, 3.8) is 0 Å². The number of nitrogens with zero attached hydrogens (tertiary/aromatic N) is 2. The molecule has 0 aliphatic heterocycles. The molecule has 0 aliphatic rings. The van der Waals surface area contributed by atoms with Crippen molar-refractivity contribution in [2.24, 2.45) is 0 Å². The van der Waals surface area contributed by atoms with Gasteiger partial charge in [-0.25, -0.2) is 12.8 Å². The van der Waals surface area contributed by atoms with Gasteiger partial charge in [-0.1, -0.05) is 49.7 Å². The number of amides is 2. The van der Waals surface area contributed by atoms with Crippen LogP contribution < -0.4 is 19.1 Å². The van der Waals surface area contributed by atoms with Crippen LogP contribution in [0.3, 0.4) is 0 Å². The third-order valence-corrected chi connectivity index (χ3v) is 8.33. The summed E-state index contributed by atoms with van der Waals surface area (Å²) in [4.78, 5) is 27.9. The second kappa shape index (κ2) is 14.5. The third-order valence-electron chi connectivity index (χ3n) is 6.56. The quantitative estimate of drug-likeness (QED) is 0.282. The maximum absolute atomic E-state index is 14.6. The smallest absolute Gasteiger partial charge is 0.264 e. The molecule has 0 bridgehead atoms. The zero-order chi connectivity index (χ0) is 30.0. The van der Waals surface area contributed by atoms with Gasteiger partial charge in [-0.15, -0.1) is 0 Å². The maximum Gasteiger partial charge on any atom is 0.264 e. The summed E-state index contributed by atoms with van der Waals surface area (Å²) in [5.41, 5.74) is 0.435. The monoisotopic (exact) mass is 585 g/mol. The Labute approximate surface area is 240 Å². The minimum absolute atomic E-state index is 0.127. The number of carbonyl (C=O) groups is 2. The van der Waals surface area contributed by atoms with Crippen molar-refractivity contribution < 1.29 is 31.9 Å². The lowest BCUT2D eigenvalue weighted by molar-refractivity contribution is -0.139. The summed E-state index contributed by atoms with van der Waals surface area (Å²) < 4.78 is 54.1. The van der Waals surface area contributed by atoms with Crippen LogP contribution in [0.5, 0.6) is 11.5 Å².